The van der Waals surface area contributed by atoms with Gasteiger partial charge < -0.3 is 5.73 Å². The summed E-state index contributed by atoms with van der Waals surface area (Å²) >= 11 is 5.72. The van der Waals surface area contributed by atoms with Gasteiger partial charge in [-0.15, -0.1) is 0 Å². The molecule has 6 heteroatoms. The molecular formula is C9H7ClN4O. The molecule has 0 unspecified atom stereocenters. The minimum atomic E-state index is -0.525. The number of hydrogen-bond donors (Lipinski definition) is 1. The molecule has 5 nitrogen and oxygen atoms in total. The second kappa shape index (κ2) is 3.70. The largest absolute Gasteiger partial charge is 0.366 e. The van der Waals surface area contributed by atoms with E-state index in [0.717, 1.165) is 0 Å². The fourth-order valence-electron chi connectivity index (χ4n) is 1.10. The van der Waals surface area contributed by atoms with E-state index in [1.54, 1.807) is 18.2 Å². The highest BCUT2D eigenvalue weighted by molar-refractivity contribution is 6.29. The number of nitrogens with zero attached hydrogens (tertiary/aromatic N) is 3. The van der Waals surface area contributed by atoms with Gasteiger partial charge in [-0.25, -0.2) is 9.67 Å². The van der Waals surface area contributed by atoms with Crippen LogP contribution in [0.2, 0.25) is 5.15 Å². The summed E-state index contributed by atoms with van der Waals surface area (Å²) in [6, 6.07) is 5.13. The second-order valence-corrected chi connectivity index (χ2v) is 3.24. The van der Waals surface area contributed by atoms with Gasteiger partial charge in [0.25, 0.3) is 5.91 Å². The minimum Gasteiger partial charge on any atom is -0.366 e. The van der Waals surface area contributed by atoms with Crippen molar-refractivity contribution < 1.29 is 4.79 Å². The van der Waals surface area contributed by atoms with E-state index in [2.05, 4.69) is 10.1 Å². The molecule has 0 bridgehead atoms. The van der Waals surface area contributed by atoms with Crippen molar-refractivity contribution in [1.82, 2.24) is 14.8 Å². The van der Waals surface area contributed by atoms with Gasteiger partial charge in [0.1, 0.15) is 5.15 Å². The molecule has 0 aromatic carbocycles. The number of pyridine rings is 1. The highest BCUT2D eigenvalue weighted by Crippen LogP contribution is 2.09. The zero-order chi connectivity index (χ0) is 10.8. The van der Waals surface area contributed by atoms with Crippen LogP contribution in [0, 0.1) is 0 Å². The number of nitrogens with two attached hydrogens (primary N) is 1. The average Bonchev–Trinajstić information content (AvgIpc) is 2.66. The Bertz CT molecular complexity index is 508. The van der Waals surface area contributed by atoms with Crippen molar-refractivity contribution in [2.75, 3.05) is 0 Å². The molecule has 76 valence electrons. The van der Waals surface area contributed by atoms with E-state index >= 15 is 0 Å². The maximum Gasteiger partial charge on any atom is 0.251 e. The maximum absolute atomic E-state index is 10.8. The average molecular weight is 223 g/mol. The van der Waals surface area contributed by atoms with Gasteiger partial charge in [0.05, 0.1) is 11.8 Å². The van der Waals surface area contributed by atoms with Gasteiger partial charge in [-0.3, -0.25) is 4.79 Å². The highest BCUT2D eigenvalue weighted by Gasteiger charge is 2.05. The molecule has 2 aromatic heterocycles. The molecule has 0 radical (unpaired) electrons. The van der Waals surface area contributed by atoms with Crippen LogP contribution < -0.4 is 5.73 Å². The van der Waals surface area contributed by atoms with E-state index in [9.17, 15) is 4.79 Å². The Labute approximate surface area is 90.5 Å². The van der Waals surface area contributed by atoms with Crippen molar-refractivity contribution in [2.24, 2.45) is 5.73 Å². The Morgan fingerprint density at radius 3 is 2.87 bits per heavy atom. The lowest BCUT2D eigenvalue weighted by Gasteiger charge is -1.98. The number of amides is 1. The van der Waals surface area contributed by atoms with Crippen LogP contribution in [0.3, 0.4) is 0 Å². The molecule has 0 saturated carbocycles. The SMILES string of the molecule is NC(=O)c1cnn(-c2cccc(Cl)n2)c1. The fourth-order valence-corrected chi connectivity index (χ4v) is 1.26. The van der Waals surface area contributed by atoms with Gasteiger partial charge in [-0.05, 0) is 12.1 Å². The van der Waals surface area contributed by atoms with Crippen molar-refractivity contribution in [3.8, 4) is 5.82 Å². The molecule has 0 aliphatic rings. The first-order valence-electron chi connectivity index (χ1n) is 4.14. The molecule has 0 aliphatic carbocycles. The predicted molar refractivity (Wildman–Crippen MR) is 54.9 cm³/mol. The van der Waals surface area contributed by atoms with Crippen LogP contribution in [0.25, 0.3) is 5.82 Å². The Hall–Kier alpha value is -1.88. The number of carbonyl (C=O) groups is 1. The van der Waals surface area contributed by atoms with Crippen molar-refractivity contribution >= 4 is 17.5 Å². The lowest BCUT2D eigenvalue weighted by atomic mass is 10.3. The number of primary amides is 1. The lowest BCUT2D eigenvalue weighted by molar-refractivity contribution is 0.100. The van der Waals surface area contributed by atoms with Gasteiger partial charge in [-0.1, -0.05) is 17.7 Å². The molecule has 2 N–H and O–H groups in total. The van der Waals surface area contributed by atoms with Crippen LogP contribution in [-0.2, 0) is 0 Å². The number of halogens is 1. The quantitative estimate of drug-likeness (QED) is 0.771. The third-order valence-corrected chi connectivity index (χ3v) is 2.01. The summed E-state index contributed by atoms with van der Waals surface area (Å²) in [5, 5.41) is 4.31. The summed E-state index contributed by atoms with van der Waals surface area (Å²) in [5.41, 5.74) is 5.43. The maximum atomic E-state index is 10.8. The van der Waals surface area contributed by atoms with Gasteiger partial charge in [-0.2, -0.15) is 5.10 Å². The number of rotatable bonds is 2. The summed E-state index contributed by atoms with van der Waals surface area (Å²) in [5.74, 6) is 0.0123. The van der Waals surface area contributed by atoms with Crippen LogP contribution >= 0.6 is 11.6 Å². The van der Waals surface area contributed by atoms with Crippen molar-refractivity contribution in [2.45, 2.75) is 0 Å². The number of aromatic nitrogens is 3. The number of carbonyl (C=O) groups excluding carboxylic acids is 1. The van der Waals surface area contributed by atoms with Crippen LogP contribution in [0.5, 0.6) is 0 Å². The van der Waals surface area contributed by atoms with Gasteiger partial charge in [0, 0.05) is 6.20 Å². The molecule has 0 spiro atoms. The summed E-state index contributed by atoms with van der Waals surface area (Å²) in [6.07, 6.45) is 2.88. The van der Waals surface area contributed by atoms with E-state index in [0.29, 0.717) is 16.5 Å². The van der Waals surface area contributed by atoms with Gasteiger partial charge in [0.2, 0.25) is 0 Å². The third-order valence-electron chi connectivity index (χ3n) is 1.80. The molecular weight excluding hydrogens is 216 g/mol. The zero-order valence-electron chi connectivity index (χ0n) is 7.59. The summed E-state index contributed by atoms with van der Waals surface area (Å²) in [4.78, 5) is 14.9. The van der Waals surface area contributed by atoms with Gasteiger partial charge in [0.15, 0.2) is 5.82 Å². The van der Waals surface area contributed by atoms with Crippen molar-refractivity contribution in [1.29, 1.82) is 0 Å². The van der Waals surface area contributed by atoms with Crippen LogP contribution in [0.15, 0.2) is 30.6 Å². The van der Waals surface area contributed by atoms with Crippen LogP contribution in [0.4, 0.5) is 0 Å². The monoisotopic (exact) mass is 222 g/mol. The smallest absolute Gasteiger partial charge is 0.251 e. The molecule has 15 heavy (non-hydrogen) atoms. The first-order chi connectivity index (χ1) is 7.16. The van der Waals surface area contributed by atoms with Crippen LogP contribution in [0.1, 0.15) is 10.4 Å². The Morgan fingerprint density at radius 1 is 1.47 bits per heavy atom. The first kappa shape index (κ1) is 9.67. The van der Waals surface area contributed by atoms with E-state index in [-0.39, 0.29) is 0 Å². The topological polar surface area (TPSA) is 73.8 Å². The van der Waals surface area contributed by atoms with E-state index in [4.69, 9.17) is 17.3 Å². The third kappa shape index (κ3) is 1.97. The second-order valence-electron chi connectivity index (χ2n) is 2.86. The number of hydrogen-bond acceptors (Lipinski definition) is 3. The molecule has 0 fully saturated rings. The molecule has 0 saturated heterocycles. The zero-order valence-corrected chi connectivity index (χ0v) is 8.35. The highest BCUT2D eigenvalue weighted by atomic mass is 35.5. The van der Waals surface area contributed by atoms with Crippen molar-refractivity contribution in [3.05, 3.63) is 41.3 Å². The lowest BCUT2D eigenvalue weighted by Crippen LogP contribution is -2.09. The van der Waals surface area contributed by atoms with E-state index in [1.807, 2.05) is 0 Å². The fraction of sp³-hybridized carbons (Fsp3) is 0. The first-order valence-corrected chi connectivity index (χ1v) is 4.52. The standard InChI is InChI=1S/C9H7ClN4O/c10-7-2-1-3-8(13-7)14-5-6(4-12-14)9(11)15/h1-5H,(H2,11,15). The summed E-state index contributed by atoms with van der Waals surface area (Å²) < 4.78 is 1.44. The Morgan fingerprint density at radius 2 is 2.27 bits per heavy atom. The molecule has 2 aromatic rings. The molecule has 2 rings (SSSR count). The molecule has 1 amide bonds. The Kier molecular flexibility index (Phi) is 2.39. The summed E-state index contributed by atoms with van der Waals surface area (Å²) in [7, 11) is 0. The normalized spacial score (nSPS) is 10.2. The molecule has 2 heterocycles. The summed E-state index contributed by atoms with van der Waals surface area (Å²) in [6.45, 7) is 0. The van der Waals surface area contributed by atoms with E-state index in [1.165, 1.54) is 17.1 Å². The van der Waals surface area contributed by atoms with Crippen LogP contribution in [-0.4, -0.2) is 20.7 Å². The minimum absolute atomic E-state index is 0.330. The Balaban J connectivity index is 2.41. The van der Waals surface area contributed by atoms with Gasteiger partial charge >= 0.3 is 0 Å². The predicted octanol–water partition coefficient (Wildman–Crippen LogP) is 1.02. The molecule has 0 atom stereocenters. The molecule has 0 aliphatic heterocycles. The van der Waals surface area contributed by atoms with Crippen molar-refractivity contribution in [3.63, 3.8) is 0 Å². The van der Waals surface area contributed by atoms with E-state index < -0.39 is 5.91 Å².